The second-order valence-corrected chi connectivity index (χ2v) is 8.60. The van der Waals surface area contributed by atoms with Gasteiger partial charge < -0.3 is 5.32 Å². The van der Waals surface area contributed by atoms with E-state index >= 15 is 0 Å². The predicted molar refractivity (Wildman–Crippen MR) is 91.0 cm³/mol. The molecule has 2 unspecified atom stereocenters. The highest BCUT2D eigenvalue weighted by molar-refractivity contribution is 7.11. The number of nitrogens with zero attached hydrogens (tertiary/aromatic N) is 1. The second kappa shape index (κ2) is 6.37. The van der Waals surface area contributed by atoms with E-state index in [-0.39, 0.29) is 5.54 Å². The van der Waals surface area contributed by atoms with Gasteiger partial charge in [-0.3, -0.25) is 0 Å². The minimum absolute atomic E-state index is 0.154. The van der Waals surface area contributed by atoms with E-state index in [0.29, 0.717) is 6.04 Å². The molecule has 3 rings (SSSR count). The fourth-order valence-corrected chi connectivity index (χ4v) is 5.40. The average molecular weight is 307 g/mol. The Kier molecular flexibility index (Phi) is 4.70. The van der Waals surface area contributed by atoms with Crippen molar-refractivity contribution in [1.82, 2.24) is 10.3 Å². The van der Waals surface area contributed by atoms with Crippen molar-refractivity contribution >= 4 is 11.3 Å². The minimum Gasteiger partial charge on any atom is -0.303 e. The molecular weight excluding hydrogens is 276 g/mol. The van der Waals surface area contributed by atoms with E-state index in [1.54, 1.807) is 4.88 Å². The van der Waals surface area contributed by atoms with Crippen LogP contribution in [0.3, 0.4) is 0 Å². The minimum atomic E-state index is 0.154. The standard InChI is InChI=1S/C18H30N2S/c1-13(2)20-18(11-6-7-14(3)10-12-18)17-19-15-8-4-5-9-16(15)21-17/h13-14,20H,4-12H2,1-3H3. The maximum atomic E-state index is 5.12. The van der Waals surface area contributed by atoms with Gasteiger partial charge in [0, 0.05) is 10.9 Å². The molecule has 0 spiro atoms. The average Bonchev–Trinajstić information content (AvgIpc) is 2.80. The number of hydrogen-bond donors (Lipinski definition) is 1. The summed E-state index contributed by atoms with van der Waals surface area (Å²) >= 11 is 2.02. The van der Waals surface area contributed by atoms with Gasteiger partial charge in [-0.05, 0) is 64.7 Å². The molecule has 2 atom stereocenters. The van der Waals surface area contributed by atoms with E-state index in [1.807, 2.05) is 11.3 Å². The van der Waals surface area contributed by atoms with Gasteiger partial charge in [-0.25, -0.2) is 4.98 Å². The SMILES string of the molecule is CC1CCCC(NC(C)C)(c2nc3c(s2)CCCC3)CC1. The molecule has 0 aromatic carbocycles. The monoisotopic (exact) mass is 306 g/mol. The van der Waals surface area contributed by atoms with Crippen LogP contribution >= 0.6 is 11.3 Å². The van der Waals surface area contributed by atoms with Gasteiger partial charge in [0.15, 0.2) is 0 Å². The van der Waals surface area contributed by atoms with Crippen molar-refractivity contribution in [3.05, 3.63) is 15.6 Å². The number of aryl methyl sites for hydroxylation is 2. The van der Waals surface area contributed by atoms with Gasteiger partial charge in [0.2, 0.25) is 0 Å². The van der Waals surface area contributed by atoms with Crippen LogP contribution in [0, 0.1) is 5.92 Å². The lowest BCUT2D eigenvalue weighted by atomic mass is 9.89. The largest absolute Gasteiger partial charge is 0.303 e. The highest BCUT2D eigenvalue weighted by atomic mass is 32.1. The van der Waals surface area contributed by atoms with E-state index in [9.17, 15) is 0 Å². The lowest BCUT2D eigenvalue weighted by molar-refractivity contribution is 0.263. The predicted octanol–water partition coefficient (Wildman–Crippen LogP) is 4.82. The van der Waals surface area contributed by atoms with Crippen LogP contribution in [0.25, 0.3) is 0 Å². The second-order valence-electron chi connectivity index (χ2n) is 7.51. The van der Waals surface area contributed by atoms with Gasteiger partial charge in [0.1, 0.15) is 5.01 Å². The topological polar surface area (TPSA) is 24.9 Å². The van der Waals surface area contributed by atoms with Crippen molar-refractivity contribution in [2.45, 2.75) is 90.1 Å². The number of aromatic nitrogens is 1. The fourth-order valence-electron chi connectivity index (χ4n) is 4.04. The normalized spacial score (nSPS) is 30.2. The Labute approximate surface area is 133 Å². The summed E-state index contributed by atoms with van der Waals surface area (Å²) in [4.78, 5) is 6.70. The summed E-state index contributed by atoms with van der Waals surface area (Å²) in [6, 6.07) is 0.527. The number of thiazole rings is 1. The molecule has 0 radical (unpaired) electrons. The zero-order valence-corrected chi connectivity index (χ0v) is 14.7. The molecule has 0 bridgehead atoms. The molecule has 1 aromatic rings. The highest BCUT2D eigenvalue weighted by Gasteiger charge is 2.38. The summed E-state index contributed by atoms with van der Waals surface area (Å²) in [6.07, 6.45) is 11.7. The third-order valence-electron chi connectivity index (χ3n) is 5.18. The van der Waals surface area contributed by atoms with Gasteiger partial charge in [-0.1, -0.05) is 19.8 Å². The molecule has 3 heteroatoms. The molecular formula is C18H30N2S. The lowest BCUT2D eigenvalue weighted by Gasteiger charge is -2.34. The lowest BCUT2D eigenvalue weighted by Crippen LogP contribution is -2.45. The molecule has 118 valence electrons. The van der Waals surface area contributed by atoms with Crippen molar-refractivity contribution in [1.29, 1.82) is 0 Å². The van der Waals surface area contributed by atoms with Crippen molar-refractivity contribution in [2.24, 2.45) is 5.92 Å². The molecule has 1 saturated carbocycles. The first-order valence-corrected chi connectivity index (χ1v) is 9.67. The van der Waals surface area contributed by atoms with Crippen molar-refractivity contribution < 1.29 is 0 Å². The van der Waals surface area contributed by atoms with E-state index in [4.69, 9.17) is 4.98 Å². The Morgan fingerprint density at radius 3 is 2.71 bits per heavy atom. The van der Waals surface area contributed by atoms with Gasteiger partial charge in [-0.15, -0.1) is 11.3 Å². The van der Waals surface area contributed by atoms with Crippen LogP contribution in [-0.4, -0.2) is 11.0 Å². The summed E-state index contributed by atoms with van der Waals surface area (Å²) in [5, 5.41) is 5.33. The number of nitrogens with one attached hydrogen (secondary N) is 1. The van der Waals surface area contributed by atoms with Gasteiger partial charge in [-0.2, -0.15) is 0 Å². The molecule has 2 aliphatic carbocycles. The Bertz CT molecular complexity index is 456. The van der Waals surface area contributed by atoms with Crippen molar-refractivity contribution in [3.63, 3.8) is 0 Å². The first-order chi connectivity index (χ1) is 10.1. The molecule has 0 amide bonds. The molecule has 0 aliphatic heterocycles. The Morgan fingerprint density at radius 2 is 1.95 bits per heavy atom. The van der Waals surface area contributed by atoms with Crippen molar-refractivity contribution in [2.75, 3.05) is 0 Å². The van der Waals surface area contributed by atoms with E-state index in [0.717, 1.165) is 5.92 Å². The Balaban J connectivity index is 1.92. The molecule has 1 N–H and O–H groups in total. The molecule has 2 nitrogen and oxygen atoms in total. The van der Waals surface area contributed by atoms with E-state index in [1.165, 1.54) is 68.5 Å². The van der Waals surface area contributed by atoms with Gasteiger partial charge in [0.05, 0.1) is 11.2 Å². The zero-order valence-electron chi connectivity index (χ0n) is 13.9. The van der Waals surface area contributed by atoms with Gasteiger partial charge in [0.25, 0.3) is 0 Å². The molecule has 21 heavy (non-hydrogen) atoms. The summed E-state index contributed by atoms with van der Waals surface area (Å²) in [5.74, 6) is 0.871. The highest BCUT2D eigenvalue weighted by Crippen LogP contribution is 2.41. The maximum absolute atomic E-state index is 5.12. The van der Waals surface area contributed by atoms with Crippen molar-refractivity contribution in [3.8, 4) is 0 Å². The van der Waals surface area contributed by atoms with E-state index in [2.05, 4.69) is 26.1 Å². The van der Waals surface area contributed by atoms with Crippen LogP contribution in [0.1, 0.15) is 81.3 Å². The van der Waals surface area contributed by atoms with Crippen LogP contribution in [-0.2, 0) is 18.4 Å². The van der Waals surface area contributed by atoms with Crippen LogP contribution < -0.4 is 5.32 Å². The Morgan fingerprint density at radius 1 is 1.14 bits per heavy atom. The summed E-state index contributed by atoms with van der Waals surface area (Å²) < 4.78 is 0. The van der Waals surface area contributed by atoms with Crippen LogP contribution in [0.5, 0.6) is 0 Å². The number of fused-ring (bicyclic) bond motifs is 1. The number of hydrogen-bond acceptors (Lipinski definition) is 3. The summed E-state index contributed by atoms with van der Waals surface area (Å²) in [6.45, 7) is 6.98. The zero-order chi connectivity index (χ0) is 14.9. The van der Waals surface area contributed by atoms with Crippen LogP contribution in [0.15, 0.2) is 0 Å². The molecule has 1 aromatic heterocycles. The maximum Gasteiger partial charge on any atom is 0.113 e. The van der Waals surface area contributed by atoms with Gasteiger partial charge >= 0.3 is 0 Å². The van der Waals surface area contributed by atoms with E-state index < -0.39 is 0 Å². The quantitative estimate of drug-likeness (QED) is 0.810. The third kappa shape index (κ3) is 3.34. The Hall–Kier alpha value is -0.410. The first-order valence-electron chi connectivity index (χ1n) is 8.86. The summed E-state index contributed by atoms with van der Waals surface area (Å²) in [5.41, 5.74) is 1.57. The fraction of sp³-hybridized carbons (Fsp3) is 0.833. The molecule has 1 heterocycles. The molecule has 2 aliphatic rings. The van der Waals surface area contributed by atoms with Crippen LogP contribution in [0.2, 0.25) is 0 Å². The summed E-state index contributed by atoms with van der Waals surface area (Å²) in [7, 11) is 0. The smallest absolute Gasteiger partial charge is 0.113 e. The third-order valence-corrected chi connectivity index (χ3v) is 6.55. The first kappa shape index (κ1) is 15.5. The van der Waals surface area contributed by atoms with Crippen LogP contribution in [0.4, 0.5) is 0 Å². The molecule has 0 saturated heterocycles. The number of rotatable bonds is 3. The molecule has 1 fully saturated rings.